The number of likely N-dealkylation sites (N-methyl/N-ethyl adjacent to an activating group) is 1. The number of halogens is 2. The van der Waals surface area contributed by atoms with Crippen LogP contribution >= 0.6 is 24.8 Å². The van der Waals surface area contributed by atoms with Crippen molar-refractivity contribution < 1.29 is 4.79 Å². The largest absolute Gasteiger partial charge is 0.339 e. The first-order valence-electron chi connectivity index (χ1n) is 7.85. The van der Waals surface area contributed by atoms with E-state index in [1.807, 2.05) is 11.0 Å². The molecule has 23 heavy (non-hydrogen) atoms. The van der Waals surface area contributed by atoms with Crippen molar-refractivity contribution in [2.24, 2.45) is 0 Å². The fraction of sp³-hybridized carbons (Fsp3) is 0.588. The van der Waals surface area contributed by atoms with Gasteiger partial charge in [0.2, 0.25) is 5.91 Å². The van der Waals surface area contributed by atoms with Crippen molar-refractivity contribution in [1.29, 1.82) is 0 Å². The van der Waals surface area contributed by atoms with E-state index in [0.29, 0.717) is 12.5 Å². The van der Waals surface area contributed by atoms with E-state index < -0.39 is 0 Å². The maximum absolute atomic E-state index is 12.3. The molecule has 1 saturated heterocycles. The van der Waals surface area contributed by atoms with Gasteiger partial charge in [0.15, 0.2) is 0 Å². The highest BCUT2D eigenvalue weighted by molar-refractivity contribution is 5.85. The maximum Gasteiger partial charge on any atom is 0.236 e. The number of benzene rings is 1. The molecule has 130 valence electrons. The summed E-state index contributed by atoms with van der Waals surface area (Å²) in [6.45, 7) is 6.36. The van der Waals surface area contributed by atoms with Crippen molar-refractivity contribution in [1.82, 2.24) is 15.1 Å². The van der Waals surface area contributed by atoms with Crippen molar-refractivity contribution >= 4 is 30.7 Å². The summed E-state index contributed by atoms with van der Waals surface area (Å²) in [5.41, 5.74) is 1.46. The van der Waals surface area contributed by atoms with Crippen molar-refractivity contribution in [2.75, 3.05) is 39.8 Å². The molecule has 0 bridgehead atoms. The standard InChI is InChI=1S/C17H25N3O.2ClH/c1-17(12-15(17)14-6-4-3-5-7-14)18-13-16(21)20-10-8-19(2)9-11-20;;/h3-7,15,18H,8-13H2,1-2H3;2*1H/t15-,17+;;/m1../s1. The highest BCUT2D eigenvalue weighted by Gasteiger charge is 2.50. The molecule has 6 heteroatoms. The lowest BCUT2D eigenvalue weighted by molar-refractivity contribution is -0.131. The second kappa shape index (κ2) is 8.34. The summed E-state index contributed by atoms with van der Waals surface area (Å²) in [7, 11) is 2.11. The Morgan fingerprint density at radius 2 is 1.78 bits per heavy atom. The lowest BCUT2D eigenvalue weighted by Crippen LogP contribution is -2.50. The number of nitrogens with one attached hydrogen (secondary N) is 1. The molecule has 0 aromatic heterocycles. The van der Waals surface area contributed by atoms with Gasteiger partial charge < -0.3 is 15.1 Å². The minimum Gasteiger partial charge on any atom is -0.339 e. The quantitative estimate of drug-likeness (QED) is 0.894. The molecule has 2 fully saturated rings. The maximum atomic E-state index is 12.3. The molecule has 0 radical (unpaired) electrons. The highest BCUT2D eigenvalue weighted by atomic mass is 35.5. The molecular weight excluding hydrogens is 333 g/mol. The van der Waals surface area contributed by atoms with Gasteiger partial charge in [-0.2, -0.15) is 0 Å². The zero-order chi connectivity index (χ0) is 14.9. The van der Waals surface area contributed by atoms with Gasteiger partial charge in [0.1, 0.15) is 0 Å². The number of carbonyl (C=O) groups excluding carboxylic acids is 1. The van der Waals surface area contributed by atoms with Crippen LogP contribution in [0.5, 0.6) is 0 Å². The van der Waals surface area contributed by atoms with Crippen LogP contribution in [0.4, 0.5) is 0 Å². The van der Waals surface area contributed by atoms with Gasteiger partial charge in [-0.25, -0.2) is 0 Å². The molecule has 1 amide bonds. The molecule has 1 aromatic carbocycles. The molecule has 4 nitrogen and oxygen atoms in total. The number of rotatable bonds is 4. The zero-order valence-corrected chi connectivity index (χ0v) is 15.5. The monoisotopic (exact) mass is 359 g/mol. The van der Waals surface area contributed by atoms with E-state index in [2.05, 4.69) is 48.5 Å². The molecule has 0 spiro atoms. The topological polar surface area (TPSA) is 35.6 Å². The van der Waals surface area contributed by atoms with Crippen LogP contribution in [0.1, 0.15) is 24.8 Å². The van der Waals surface area contributed by atoms with Gasteiger partial charge in [-0.15, -0.1) is 24.8 Å². The van der Waals surface area contributed by atoms with Crippen LogP contribution in [0.2, 0.25) is 0 Å². The number of carbonyl (C=O) groups is 1. The van der Waals surface area contributed by atoms with Gasteiger partial charge in [0, 0.05) is 37.6 Å². The first-order valence-corrected chi connectivity index (χ1v) is 7.85. The zero-order valence-electron chi connectivity index (χ0n) is 13.8. The third-order valence-electron chi connectivity index (χ3n) is 4.94. The third kappa shape index (κ3) is 4.83. The normalized spacial score (nSPS) is 26.9. The summed E-state index contributed by atoms with van der Waals surface area (Å²) in [4.78, 5) is 16.5. The molecule has 1 aromatic rings. The van der Waals surface area contributed by atoms with Gasteiger partial charge in [-0.3, -0.25) is 4.79 Å². The number of amides is 1. The summed E-state index contributed by atoms with van der Waals surface area (Å²) < 4.78 is 0. The predicted octanol–water partition coefficient (Wildman–Crippen LogP) is 2.14. The van der Waals surface area contributed by atoms with E-state index in [-0.39, 0.29) is 36.3 Å². The van der Waals surface area contributed by atoms with E-state index in [1.165, 1.54) is 5.56 Å². The van der Waals surface area contributed by atoms with Gasteiger partial charge in [-0.1, -0.05) is 30.3 Å². The average molecular weight is 360 g/mol. The fourth-order valence-corrected chi connectivity index (χ4v) is 3.18. The van der Waals surface area contributed by atoms with E-state index >= 15 is 0 Å². The second-order valence-corrected chi connectivity index (χ2v) is 6.62. The molecule has 1 heterocycles. The molecule has 1 N–H and O–H groups in total. The van der Waals surface area contributed by atoms with Gasteiger partial charge >= 0.3 is 0 Å². The van der Waals surface area contributed by atoms with Crippen molar-refractivity contribution in [3.05, 3.63) is 35.9 Å². The Kier molecular flexibility index (Phi) is 7.33. The number of hydrogen-bond acceptors (Lipinski definition) is 3. The highest BCUT2D eigenvalue weighted by Crippen LogP contribution is 2.50. The molecule has 1 aliphatic heterocycles. The Morgan fingerprint density at radius 3 is 2.39 bits per heavy atom. The summed E-state index contributed by atoms with van der Waals surface area (Å²) in [5.74, 6) is 0.780. The Balaban J connectivity index is 0.00000132. The molecule has 0 unspecified atom stereocenters. The average Bonchev–Trinajstić information content (AvgIpc) is 3.19. The van der Waals surface area contributed by atoms with Crippen LogP contribution in [0, 0.1) is 0 Å². The minimum atomic E-state index is 0. The molecule has 2 atom stereocenters. The van der Waals surface area contributed by atoms with Crippen LogP contribution in [-0.2, 0) is 4.79 Å². The minimum absolute atomic E-state index is 0. The van der Waals surface area contributed by atoms with Crippen molar-refractivity contribution in [3.63, 3.8) is 0 Å². The predicted molar refractivity (Wildman–Crippen MR) is 98.8 cm³/mol. The van der Waals surface area contributed by atoms with Crippen LogP contribution in [0.15, 0.2) is 30.3 Å². The first kappa shape index (κ1) is 20.2. The smallest absolute Gasteiger partial charge is 0.236 e. The van der Waals surface area contributed by atoms with E-state index in [4.69, 9.17) is 0 Å². The Morgan fingerprint density at radius 1 is 1.17 bits per heavy atom. The Hall–Kier alpha value is -0.810. The van der Waals surface area contributed by atoms with Crippen LogP contribution in [-0.4, -0.2) is 61.0 Å². The number of hydrogen-bond donors (Lipinski definition) is 1. The molecule has 1 aliphatic carbocycles. The number of nitrogens with zero attached hydrogens (tertiary/aromatic N) is 2. The molecule has 2 aliphatic rings. The van der Waals surface area contributed by atoms with Crippen LogP contribution in [0.3, 0.4) is 0 Å². The van der Waals surface area contributed by atoms with Gasteiger partial charge in [-0.05, 0) is 26.0 Å². The molecular formula is C17H27Cl2N3O. The Labute approximate surface area is 151 Å². The summed E-state index contributed by atoms with van der Waals surface area (Å²) in [6.07, 6.45) is 1.12. The van der Waals surface area contributed by atoms with E-state index in [9.17, 15) is 4.79 Å². The van der Waals surface area contributed by atoms with Crippen LogP contribution < -0.4 is 5.32 Å². The molecule has 3 rings (SSSR count). The summed E-state index contributed by atoms with van der Waals surface area (Å²) in [5, 5.41) is 3.49. The van der Waals surface area contributed by atoms with Gasteiger partial charge in [0.05, 0.1) is 6.54 Å². The second-order valence-electron chi connectivity index (χ2n) is 6.62. The molecule has 1 saturated carbocycles. The lowest BCUT2D eigenvalue weighted by atomic mass is 10.1. The Bertz CT molecular complexity index is 506. The fourth-order valence-electron chi connectivity index (χ4n) is 3.18. The van der Waals surface area contributed by atoms with E-state index in [1.54, 1.807) is 0 Å². The van der Waals surface area contributed by atoms with Crippen LogP contribution in [0.25, 0.3) is 0 Å². The summed E-state index contributed by atoms with van der Waals surface area (Å²) >= 11 is 0. The third-order valence-corrected chi connectivity index (χ3v) is 4.94. The first-order chi connectivity index (χ1) is 10.1. The SMILES string of the molecule is CN1CCN(C(=O)CN[C@@]2(C)C[C@@H]2c2ccccc2)CC1.Cl.Cl. The van der Waals surface area contributed by atoms with Crippen molar-refractivity contribution in [2.45, 2.75) is 24.8 Å². The van der Waals surface area contributed by atoms with Gasteiger partial charge in [0.25, 0.3) is 0 Å². The lowest BCUT2D eigenvalue weighted by Gasteiger charge is -2.32. The number of piperazine rings is 1. The van der Waals surface area contributed by atoms with Crippen molar-refractivity contribution in [3.8, 4) is 0 Å². The van der Waals surface area contributed by atoms with E-state index in [0.717, 1.165) is 32.6 Å². The summed E-state index contributed by atoms with van der Waals surface area (Å²) in [6, 6.07) is 10.6.